The molecule has 1 N–H and O–H groups in total. The summed E-state index contributed by atoms with van der Waals surface area (Å²) in [6.07, 6.45) is 1.61. The van der Waals surface area contributed by atoms with Crippen LogP contribution in [-0.4, -0.2) is 34.8 Å². The van der Waals surface area contributed by atoms with Gasteiger partial charge in [0, 0.05) is 30.4 Å². The number of thiophene rings is 1. The van der Waals surface area contributed by atoms with Gasteiger partial charge >= 0.3 is 0 Å². The molecule has 1 saturated heterocycles. The lowest BCUT2D eigenvalue weighted by Gasteiger charge is -2.32. The SMILES string of the molecule is Cc1ccc(C(=O)Nc2ccccc2)c(C2CCN(C(=O)c3cccs3)CC2)n1. The summed E-state index contributed by atoms with van der Waals surface area (Å²) in [6.45, 7) is 3.30. The van der Waals surface area contributed by atoms with Crippen molar-refractivity contribution >= 4 is 28.8 Å². The number of hydrogen-bond donors (Lipinski definition) is 1. The first kappa shape index (κ1) is 19.3. The number of carbonyl (C=O) groups is 2. The summed E-state index contributed by atoms with van der Waals surface area (Å²) in [7, 11) is 0. The molecule has 3 heterocycles. The van der Waals surface area contributed by atoms with Crippen LogP contribution in [0.4, 0.5) is 5.69 Å². The number of nitrogens with zero attached hydrogens (tertiary/aromatic N) is 2. The zero-order valence-electron chi connectivity index (χ0n) is 16.3. The first-order valence-corrected chi connectivity index (χ1v) is 10.7. The highest BCUT2D eigenvalue weighted by Gasteiger charge is 2.28. The molecule has 1 aliphatic rings. The largest absolute Gasteiger partial charge is 0.338 e. The van der Waals surface area contributed by atoms with Crippen molar-refractivity contribution in [2.24, 2.45) is 0 Å². The molecule has 0 bridgehead atoms. The Morgan fingerprint density at radius 3 is 2.48 bits per heavy atom. The minimum absolute atomic E-state index is 0.0951. The average Bonchev–Trinajstić information content (AvgIpc) is 3.29. The second-order valence-corrected chi connectivity index (χ2v) is 8.20. The van der Waals surface area contributed by atoms with E-state index in [1.165, 1.54) is 11.3 Å². The molecular formula is C23H23N3O2S. The number of para-hydroxylation sites is 1. The van der Waals surface area contributed by atoms with Crippen LogP contribution in [0.5, 0.6) is 0 Å². The Balaban J connectivity index is 1.49. The molecule has 5 nitrogen and oxygen atoms in total. The third-order valence-corrected chi connectivity index (χ3v) is 6.10. The number of aryl methyl sites for hydroxylation is 1. The second kappa shape index (κ2) is 8.57. The minimum Gasteiger partial charge on any atom is -0.338 e. The third kappa shape index (κ3) is 4.38. The Morgan fingerprint density at radius 2 is 1.79 bits per heavy atom. The van der Waals surface area contributed by atoms with Gasteiger partial charge in [-0.1, -0.05) is 24.3 Å². The van der Waals surface area contributed by atoms with E-state index in [9.17, 15) is 9.59 Å². The van der Waals surface area contributed by atoms with Crippen LogP contribution in [0.3, 0.4) is 0 Å². The van der Waals surface area contributed by atoms with Gasteiger partial charge in [0.05, 0.1) is 16.1 Å². The molecule has 29 heavy (non-hydrogen) atoms. The lowest BCUT2D eigenvalue weighted by atomic mass is 9.89. The highest BCUT2D eigenvalue weighted by molar-refractivity contribution is 7.12. The van der Waals surface area contributed by atoms with Crippen LogP contribution >= 0.6 is 11.3 Å². The van der Waals surface area contributed by atoms with E-state index in [-0.39, 0.29) is 17.7 Å². The van der Waals surface area contributed by atoms with E-state index in [1.54, 1.807) is 0 Å². The second-order valence-electron chi connectivity index (χ2n) is 7.25. The molecule has 1 aliphatic heterocycles. The number of rotatable bonds is 4. The Morgan fingerprint density at radius 1 is 1.03 bits per heavy atom. The summed E-state index contributed by atoms with van der Waals surface area (Å²) in [5, 5.41) is 4.89. The molecule has 0 atom stereocenters. The van der Waals surface area contributed by atoms with Crippen LogP contribution in [0.25, 0.3) is 0 Å². The van der Waals surface area contributed by atoms with Gasteiger partial charge in [-0.2, -0.15) is 0 Å². The van der Waals surface area contributed by atoms with Crippen molar-refractivity contribution in [1.82, 2.24) is 9.88 Å². The molecule has 0 radical (unpaired) electrons. The first-order chi connectivity index (χ1) is 14.1. The van der Waals surface area contributed by atoms with E-state index in [0.29, 0.717) is 18.7 Å². The normalized spacial score (nSPS) is 14.6. The first-order valence-electron chi connectivity index (χ1n) is 9.78. The predicted molar refractivity (Wildman–Crippen MR) is 116 cm³/mol. The summed E-state index contributed by atoms with van der Waals surface area (Å²) < 4.78 is 0. The fourth-order valence-electron chi connectivity index (χ4n) is 3.71. The fourth-order valence-corrected chi connectivity index (χ4v) is 4.40. The lowest BCUT2D eigenvalue weighted by Crippen LogP contribution is -2.38. The standard InChI is InChI=1S/C23H23N3O2S/c1-16-9-10-19(22(27)25-18-6-3-2-4-7-18)21(24-16)17-11-13-26(14-12-17)23(28)20-8-5-15-29-20/h2-10,15,17H,11-14H2,1H3,(H,25,27). The monoisotopic (exact) mass is 405 g/mol. The maximum Gasteiger partial charge on any atom is 0.263 e. The van der Waals surface area contributed by atoms with Crippen LogP contribution in [0.2, 0.25) is 0 Å². The van der Waals surface area contributed by atoms with Crippen molar-refractivity contribution in [2.75, 3.05) is 18.4 Å². The molecule has 1 fully saturated rings. The molecule has 4 rings (SSSR count). The van der Waals surface area contributed by atoms with Gasteiger partial charge in [0.2, 0.25) is 0 Å². The molecule has 0 aliphatic carbocycles. The highest BCUT2D eigenvalue weighted by atomic mass is 32.1. The summed E-state index contributed by atoms with van der Waals surface area (Å²) in [6, 6.07) is 16.9. The summed E-state index contributed by atoms with van der Waals surface area (Å²) in [5.74, 6) is 0.118. The number of nitrogens with one attached hydrogen (secondary N) is 1. The average molecular weight is 406 g/mol. The number of pyridine rings is 1. The third-order valence-electron chi connectivity index (χ3n) is 5.24. The zero-order chi connectivity index (χ0) is 20.2. The van der Waals surface area contributed by atoms with Crippen molar-refractivity contribution in [1.29, 1.82) is 0 Å². The van der Waals surface area contributed by atoms with Crippen LogP contribution in [0, 0.1) is 6.92 Å². The zero-order valence-corrected chi connectivity index (χ0v) is 17.1. The number of carbonyl (C=O) groups excluding carboxylic acids is 2. The summed E-state index contributed by atoms with van der Waals surface area (Å²) in [5.41, 5.74) is 3.11. The fraction of sp³-hybridized carbons (Fsp3) is 0.261. The number of hydrogen-bond acceptors (Lipinski definition) is 4. The Bertz CT molecular complexity index is 994. The molecule has 148 valence electrons. The van der Waals surface area contributed by atoms with E-state index >= 15 is 0 Å². The van der Waals surface area contributed by atoms with E-state index < -0.39 is 0 Å². The summed E-state index contributed by atoms with van der Waals surface area (Å²) in [4.78, 5) is 32.9. The number of aromatic nitrogens is 1. The van der Waals surface area contributed by atoms with Gasteiger partial charge in [0.15, 0.2) is 0 Å². The molecular weight excluding hydrogens is 382 g/mol. The van der Waals surface area contributed by atoms with Gasteiger partial charge in [-0.25, -0.2) is 0 Å². The molecule has 0 saturated carbocycles. The molecule has 6 heteroatoms. The van der Waals surface area contributed by atoms with Gasteiger partial charge < -0.3 is 10.2 Å². The maximum atomic E-state index is 12.9. The van der Waals surface area contributed by atoms with Crippen molar-refractivity contribution in [3.8, 4) is 0 Å². The quantitative estimate of drug-likeness (QED) is 0.683. The maximum absolute atomic E-state index is 12.9. The lowest BCUT2D eigenvalue weighted by molar-refractivity contribution is 0.0716. The number of likely N-dealkylation sites (tertiary alicyclic amines) is 1. The highest BCUT2D eigenvalue weighted by Crippen LogP contribution is 2.30. The number of amides is 2. The van der Waals surface area contributed by atoms with Crippen LogP contribution in [-0.2, 0) is 0 Å². The van der Waals surface area contributed by atoms with Gasteiger partial charge in [0.1, 0.15) is 0 Å². The van der Waals surface area contributed by atoms with E-state index in [2.05, 4.69) is 5.32 Å². The minimum atomic E-state index is -0.143. The smallest absolute Gasteiger partial charge is 0.263 e. The van der Waals surface area contributed by atoms with Crippen molar-refractivity contribution in [3.63, 3.8) is 0 Å². The van der Waals surface area contributed by atoms with E-state index in [4.69, 9.17) is 4.98 Å². The van der Waals surface area contributed by atoms with E-state index in [0.717, 1.165) is 34.8 Å². The van der Waals surface area contributed by atoms with Crippen LogP contribution in [0.1, 0.15) is 50.2 Å². The molecule has 0 unspecified atom stereocenters. The molecule has 3 aromatic rings. The Labute approximate surface area is 174 Å². The molecule has 2 aromatic heterocycles. The summed E-state index contributed by atoms with van der Waals surface area (Å²) >= 11 is 1.47. The topological polar surface area (TPSA) is 62.3 Å². The van der Waals surface area contributed by atoms with Crippen molar-refractivity contribution < 1.29 is 9.59 Å². The number of anilines is 1. The Kier molecular flexibility index (Phi) is 5.71. The molecule has 0 spiro atoms. The molecule has 1 aromatic carbocycles. The number of piperidine rings is 1. The van der Waals surface area contributed by atoms with Gasteiger partial charge in [0.25, 0.3) is 11.8 Å². The van der Waals surface area contributed by atoms with Crippen LogP contribution < -0.4 is 5.32 Å². The van der Waals surface area contributed by atoms with Gasteiger partial charge in [-0.3, -0.25) is 14.6 Å². The molecule has 2 amide bonds. The van der Waals surface area contributed by atoms with E-state index in [1.807, 2.05) is 71.8 Å². The van der Waals surface area contributed by atoms with Crippen molar-refractivity contribution in [3.05, 3.63) is 81.8 Å². The van der Waals surface area contributed by atoms with Crippen molar-refractivity contribution in [2.45, 2.75) is 25.7 Å². The number of benzene rings is 1. The predicted octanol–water partition coefficient (Wildman–Crippen LogP) is 4.72. The van der Waals surface area contributed by atoms with Gasteiger partial charge in [-0.05, 0) is 55.5 Å². The van der Waals surface area contributed by atoms with Gasteiger partial charge in [-0.15, -0.1) is 11.3 Å². The van der Waals surface area contributed by atoms with Crippen LogP contribution in [0.15, 0.2) is 60.0 Å². The Hall–Kier alpha value is -2.99.